The molecule has 0 saturated heterocycles. The minimum atomic E-state index is 0.153. The van der Waals surface area contributed by atoms with Crippen molar-refractivity contribution in [3.63, 3.8) is 0 Å². The normalized spacial score (nSPS) is 10.8. The van der Waals surface area contributed by atoms with Gasteiger partial charge >= 0.3 is 0 Å². The lowest BCUT2D eigenvalue weighted by Gasteiger charge is -2.09. The van der Waals surface area contributed by atoms with Crippen molar-refractivity contribution in [2.24, 2.45) is 0 Å². The predicted octanol–water partition coefficient (Wildman–Crippen LogP) is 5.17. The van der Waals surface area contributed by atoms with Crippen LogP contribution in [0.1, 0.15) is 55.5 Å². The van der Waals surface area contributed by atoms with Crippen LogP contribution in [-0.2, 0) is 6.42 Å². The second kappa shape index (κ2) is 6.51. The van der Waals surface area contributed by atoms with Gasteiger partial charge in [0.25, 0.3) is 0 Å². The molecule has 0 aliphatic rings. The Morgan fingerprint density at radius 3 is 2.58 bits per heavy atom. The Morgan fingerprint density at radius 1 is 1.05 bits per heavy atom. The summed E-state index contributed by atoms with van der Waals surface area (Å²) < 4.78 is 0. The van der Waals surface area contributed by atoms with Crippen LogP contribution in [0.2, 0.25) is 0 Å². The van der Waals surface area contributed by atoms with Crippen molar-refractivity contribution in [3.05, 3.63) is 47.5 Å². The number of Topliss-reactive ketones (excluding diaryl/α,β-unsaturated/α-hetero) is 1. The van der Waals surface area contributed by atoms with Crippen LogP contribution in [-0.4, -0.2) is 5.78 Å². The van der Waals surface area contributed by atoms with Crippen molar-refractivity contribution in [1.82, 2.24) is 0 Å². The largest absolute Gasteiger partial charge is 0.295 e. The third-order valence-electron chi connectivity index (χ3n) is 3.65. The van der Waals surface area contributed by atoms with Crippen LogP contribution in [0, 0.1) is 0 Å². The van der Waals surface area contributed by atoms with E-state index in [1.54, 1.807) is 6.92 Å². The number of unbranched alkanes of at least 4 members (excludes halogenated alkanes) is 3. The third kappa shape index (κ3) is 3.44. The van der Waals surface area contributed by atoms with Crippen LogP contribution in [0.3, 0.4) is 0 Å². The van der Waals surface area contributed by atoms with E-state index in [0.717, 1.165) is 12.0 Å². The number of fused-ring (bicyclic) bond motifs is 1. The van der Waals surface area contributed by atoms with Crippen LogP contribution in [0.5, 0.6) is 0 Å². The van der Waals surface area contributed by atoms with E-state index in [2.05, 4.69) is 31.2 Å². The van der Waals surface area contributed by atoms with Crippen LogP contribution in [0.15, 0.2) is 36.4 Å². The van der Waals surface area contributed by atoms with Gasteiger partial charge in [-0.3, -0.25) is 4.79 Å². The molecule has 1 heteroatoms. The fraction of sp³-hybridized carbons (Fsp3) is 0.389. The Morgan fingerprint density at radius 2 is 1.84 bits per heavy atom. The second-order valence-corrected chi connectivity index (χ2v) is 5.22. The fourth-order valence-corrected chi connectivity index (χ4v) is 2.54. The average molecular weight is 254 g/mol. The molecule has 0 aliphatic heterocycles. The lowest BCUT2D eigenvalue weighted by molar-refractivity contribution is 0.101. The summed E-state index contributed by atoms with van der Waals surface area (Å²) in [6.45, 7) is 3.87. The average Bonchev–Trinajstić information content (AvgIpc) is 2.43. The zero-order valence-electron chi connectivity index (χ0n) is 11.9. The van der Waals surface area contributed by atoms with Gasteiger partial charge in [-0.25, -0.2) is 0 Å². The minimum absolute atomic E-state index is 0.153. The molecule has 0 aromatic heterocycles. The summed E-state index contributed by atoms with van der Waals surface area (Å²) in [5.74, 6) is 0.153. The zero-order chi connectivity index (χ0) is 13.7. The van der Waals surface area contributed by atoms with Crippen LogP contribution >= 0.6 is 0 Å². The Labute approximate surface area is 115 Å². The standard InChI is InChI=1S/C18H22O/c1-3-4-5-6-9-15-12-17(14(2)19)13-16-10-7-8-11-18(15)16/h7-8,10-13H,3-6,9H2,1-2H3. The number of carbonyl (C=O) groups is 1. The molecule has 0 unspecified atom stereocenters. The quantitative estimate of drug-likeness (QED) is 0.513. The van der Waals surface area contributed by atoms with Gasteiger partial charge in [0.15, 0.2) is 5.78 Å². The molecule has 100 valence electrons. The molecule has 2 aromatic rings. The van der Waals surface area contributed by atoms with Crippen LogP contribution < -0.4 is 0 Å². The molecule has 1 nitrogen and oxygen atoms in total. The van der Waals surface area contributed by atoms with Crippen molar-refractivity contribution < 1.29 is 4.79 Å². The molecule has 2 rings (SSSR count). The number of hydrogen-bond donors (Lipinski definition) is 0. The van der Waals surface area contributed by atoms with E-state index in [4.69, 9.17) is 0 Å². The van der Waals surface area contributed by atoms with E-state index in [-0.39, 0.29) is 5.78 Å². The number of benzene rings is 2. The van der Waals surface area contributed by atoms with E-state index in [9.17, 15) is 4.79 Å². The second-order valence-electron chi connectivity index (χ2n) is 5.22. The summed E-state index contributed by atoms with van der Waals surface area (Å²) in [6.07, 6.45) is 6.11. The van der Waals surface area contributed by atoms with Gasteiger partial charge in [-0.15, -0.1) is 0 Å². The first-order chi connectivity index (χ1) is 9.22. The highest BCUT2D eigenvalue weighted by atomic mass is 16.1. The summed E-state index contributed by atoms with van der Waals surface area (Å²) in [5.41, 5.74) is 2.16. The molecular formula is C18H22O. The Hall–Kier alpha value is -1.63. The fourth-order valence-electron chi connectivity index (χ4n) is 2.54. The first-order valence-corrected chi connectivity index (χ1v) is 7.25. The summed E-state index contributed by atoms with van der Waals surface area (Å²) >= 11 is 0. The highest BCUT2D eigenvalue weighted by molar-refractivity contribution is 5.99. The monoisotopic (exact) mass is 254 g/mol. The van der Waals surface area contributed by atoms with Crippen LogP contribution in [0.25, 0.3) is 10.8 Å². The number of ketones is 1. The van der Waals surface area contributed by atoms with Gasteiger partial charge in [0.05, 0.1) is 0 Å². The highest BCUT2D eigenvalue weighted by Gasteiger charge is 2.06. The number of rotatable bonds is 6. The van der Waals surface area contributed by atoms with Gasteiger partial charge < -0.3 is 0 Å². The number of carbonyl (C=O) groups excluding carboxylic acids is 1. The molecule has 0 spiro atoms. The van der Waals surface area contributed by atoms with Crippen molar-refractivity contribution in [2.45, 2.75) is 46.0 Å². The molecule has 0 atom stereocenters. The smallest absolute Gasteiger partial charge is 0.159 e. The molecule has 0 radical (unpaired) electrons. The summed E-state index contributed by atoms with van der Waals surface area (Å²) in [7, 11) is 0. The van der Waals surface area contributed by atoms with Crippen molar-refractivity contribution in [3.8, 4) is 0 Å². The first kappa shape index (κ1) is 13.8. The first-order valence-electron chi connectivity index (χ1n) is 7.25. The van der Waals surface area contributed by atoms with Crippen molar-refractivity contribution in [2.75, 3.05) is 0 Å². The molecule has 0 amide bonds. The minimum Gasteiger partial charge on any atom is -0.295 e. The topological polar surface area (TPSA) is 17.1 Å². The molecule has 0 saturated carbocycles. The maximum atomic E-state index is 11.6. The Kier molecular flexibility index (Phi) is 4.73. The lowest BCUT2D eigenvalue weighted by atomic mass is 9.95. The van der Waals surface area contributed by atoms with Gasteiger partial charge in [0.1, 0.15) is 0 Å². The summed E-state index contributed by atoms with van der Waals surface area (Å²) in [5, 5.41) is 2.48. The van der Waals surface area contributed by atoms with E-state index in [1.807, 2.05) is 12.1 Å². The third-order valence-corrected chi connectivity index (χ3v) is 3.65. The van der Waals surface area contributed by atoms with Gasteiger partial charge in [0, 0.05) is 5.56 Å². The molecule has 0 aliphatic carbocycles. The summed E-state index contributed by atoms with van der Waals surface area (Å²) in [4.78, 5) is 11.6. The molecule has 0 heterocycles. The summed E-state index contributed by atoms with van der Waals surface area (Å²) in [6, 6.07) is 12.5. The molecule has 0 bridgehead atoms. The van der Waals surface area contributed by atoms with E-state index in [1.165, 1.54) is 42.0 Å². The van der Waals surface area contributed by atoms with Gasteiger partial charge in [-0.05, 0) is 48.2 Å². The zero-order valence-corrected chi connectivity index (χ0v) is 11.9. The molecule has 19 heavy (non-hydrogen) atoms. The molecule has 0 fully saturated rings. The van der Waals surface area contributed by atoms with E-state index in [0.29, 0.717) is 0 Å². The number of hydrogen-bond acceptors (Lipinski definition) is 1. The maximum Gasteiger partial charge on any atom is 0.159 e. The number of aryl methyl sites for hydroxylation is 1. The van der Waals surface area contributed by atoms with Crippen LogP contribution in [0.4, 0.5) is 0 Å². The Balaban J connectivity index is 2.31. The molecular weight excluding hydrogens is 232 g/mol. The predicted molar refractivity (Wildman–Crippen MR) is 81.8 cm³/mol. The SMILES string of the molecule is CCCCCCc1cc(C(C)=O)cc2ccccc12. The lowest BCUT2D eigenvalue weighted by Crippen LogP contribution is -1.96. The van der Waals surface area contributed by atoms with Crippen molar-refractivity contribution in [1.29, 1.82) is 0 Å². The Bertz CT molecular complexity index is 569. The van der Waals surface area contributed by atoms with E-state index < -0.39 is 0 Å². The van der Waals surface area contributed by atoms with E-state index >= 15 is 0 Å². The molecule has 2 aromatic carbocycles. The van der Waals surface area contributed by atoms with Crippen molar-refractivity contribution >= 4 is 16.6 Å². The van der Waals surface area contributed by atoms with Gasteiger partial charge in [-0.1, -0.05) is 50.5 Å². The van der Waals surface area contributed by atoms with Gasteiger partial charge in [0.2, 0.25) is 0 Å². The van der Waals surface area contributed by atoms with Gasteiger partial charge in [-0.2, -0.15) is 0 Å². The maximum absolute atomic E-state index is 11.6. The molecule has 0 N–H and O–H groups in total. The highest BCUT2D eigenvalue weighted by Crippen LogP contribution is 2.23.